The van der Waals surface area contributed by atoms with Crippen LogP contribution < -0.4 is 9.46 Å². The highest BCUT2D eigenvalue weighted by atomic mass is 35.5. The third-order valence-corrected chi connectivity index (χ3v) is 5.66. The molecule has 0 radical (unpaired) electrons. The lowest BCUT2D eigenvalue weighted by Gasteiger charge is -2.34. The summed E-state index contributed by atoms with van der Waals surface area (Å²) in [6.07, 6.45) is 4.39. The quantitative estimate of drug-likeness (QED) is 0.609. The Hall–Kier alpha value is -2.55. The summed E-state index contributed by atoms with van der Waals surface area (Å²) in [4.78, 5) is 16.6. The second-order valence-electron chi connectivity index (χ2n) is 7.30. The Bertz CT molecular complexity index is 1000. The van der Waals surface area contributed by atoms with Crippen LogP contribution in [-0.2, 0) is 14.8 Å². The Morgan fingerprint density at radius 3 is 2.32 bits per heavy atom. The number of nitrogens with one attached hydrogen (secondary N) is 1. The Morgan fingerprint density at radius 2 is 1.71 bits per heavy atom. The summed E-state index contributed by atoms with van der Waals surface area (Å²) in [5.74, 6) is 0.763. The highest BCUT2D eigenvalue weighted by molar-refractivity contribution is 7.92. The fourth-order valence-electron chi connectivity index (χ4n) is 3.16. The van der Waals surface area contributed by atoms with Crippen molar-refractivity contribution in [3.05, 3.63) is 65.2 Å². The van der Waals surface area contributed by atoms with E-state index >= 15 is 0 Å². The molecule has 3 rings (SSSR count). The molecule has 1 saturated heterocycles. The first-order chi connectivity index (χ1) is 14.8. The number of hydrogen-bond acceptors (Lipinski definition) is 5. The molecule has 0 aromatic heterocycles. The van der Waals surface area contributed by atoms with E-state index in [1.54, 1.807) is 48.6 Å². The second-order valence-corrected chi connectivity index (χ2v) is 9.48. The predicted molar refractivity (Wildman–Crippen MR) is 124 cm³/mol. The lowest BCUT2D eigenvalue weighted by molar-refractivity contribution is -0.127. The zero-order valence-corrected chi connectivity index (χ0v) is 18.9. The number of rotatable bonds is 8. The van der Waals surface area contributed by atoms with Crippen molar-refractivity contribution in [3.8, 4) is 5.75 Å². The first-order valence-electron chi connectivity index (χ1n) is 9.94. The zero-order valence-electron chi connectivity index (χ0n) is 17.3. The van der Waals surface area contributed by atoms with Gasteiger partial charge in [-0.2, -0.15) is 0 Å². The van der Waals surface area contributed by atoms with Gasteiger partial charge in [0.15, 0.2) is 0 Å². The standard InChI is InChI=1S/C22H26ClN3O4S/c1-31(28,29)24-20-7-2-18(3-8-20)4-11-22(27)26-14-12-25(13-15-26)16-17-30-21-9-5-19(23)6-10-21/h2-11,24H,12-17H2,1H3/b11-4+. The van der Waals surface area contributed by atoms with Crippen molar-refractivity contribution < 1.29 is 17.9 Å². The van der Waals surface area contributed by atoms with E-state index in [2.05, 4.69) is 9.62 Å². The van der Waals surface area contributed by atoms with Crippen molar-refractivity contribution in [2.75, 3.05) is 50.3 Å². The van der Waals surface area contributed by atoms with Crippen LogP contribution in [0, 0.1) is 0 Å². The average Bonchev–Trinajstić information content (AvgIpc) is 2.74. The van der Waals surface area contributed by atoms with Gasteiger partial charge in [0.1, 0.15) is 12.4 Å². The number of benzene rings is 2. The lowest BCUT2D eigenvalue weighted by Crippen LogP contribution is -2.49. The Morgan fingerprint density at radius 1 is 1.06 bits per heavy atom. The molecule has 1 heterocycles. The molecule has 2 aromatic rings. The maximum Gasteiger partial charge on any atom is 0.246 e. The monoisotopic (exact) mass is 463 g/mol. The van der Waals surface area contributed by atoms with Crippen molar-refractivity contribution in [3.63, 3.8) is 0 Å². The molecule has 2 aromatic carbocycles. The van der Waals surface area contributed by atoms with E-state index in [-0.39, 0.29) is 5.91 Å². The van der Waals surface area contributed by atoms with Gasteiger partial charge >= 0.3 is 0 Å². The summed E-state index contributed by atoms with van der Waals surface area (Å²) >= 11 is 5.87. The minimum absolute atomic E-state index is 0.0320. The number of piperazine rings is 1. The molecular formula is C22H26ClN3O4S. The largest absolute Gasteiger partial charge is 0.492 e. The molecule has 1 amide bonds. The van der Waals surface area contributed by atoms with E-state index < -0.39 is 10.0 Å². The van der Waals surface area contributed by atoms with E-state index in [9.17, 15) is 13.2 Å². The van der Waals surface area contributed by atoms with Crippen molar-refractivity contribution in [2.24, 2.45) is 0 Å². The molecule has 1 aliphatic rings. The first-order valence-corrected chi connectivity index (χ1v) is 12.2. The van der Waals surface area contributed by atoms with Crippen LogP contribution in [0.15, 0.2) is 54.6 Å². The first kappa shape index (κ1) is 23.1. The van der Waals surface area contributed by atoms with Crippen molar-refractivity contribution >= 4 is 39.3 Å². The molecule has 1 N–H and O–H groups in total. The number of nitrogens with zero attached hydrogens (tertiary/aromatic N) is 2. The summed E-state index contributed by atoms with van der Waals surface area (Å²) in [5.41, 5.74) is 1.31. The van der Waals surface area contributed by atoms with Crippen LogP contribution in [0.3, 0.4) is 0 Å². The van der Waals surface area contributed by atoms with Gasteiger partial charge in [0.05, 0.1) is 6.26 Å². The minimum atomic E-state index is -3.30. The normalized spacial score (nSPS) is 15.2. The average molecular weight is 464 g/mol. The molecule has 1 aliphatic heterocycles. The highest BCUT2D eigenvalue weighted by Crippen LogP contribution is 2.16. The van der Waals surface area contributed by atoms with Crippen LogP contribution in [-0.4, -0.2) is 69.7 Å². The molecular weight excluding hydrogens is 438 g/mol. The summed E-state index contributed by atoms with van der Waals surface area (Å²) in [7, 11) is -3.30. The van der Waals surface area contributed by atoms with Gasteiger partial charge in [-0.15, -0.1) is 0 Å². The van der Waals surface area contributed by atoms with Gasteiger partial charge in [0, 0.05) is 49.5 Å². The van der Waals surface area contributed by atoms with Crippen molar-refractivity contribution in [1.82, 2.24) is 9.80 Å². The van der Waals surface area contributed by atoms with Gasteiger partial charge in [-0.1, -0.05) is 23.7 Å². The number of amides is 1. The van der Waals surface area contributed by atoms with Gasteiger partial charge in [-0.25, -0.2) is 8.42 Å². The molecule has 0 saturated carbocycles. The van der Waals surface area contributed by atoms with E-state index in [1.807, 2.05) is 17.0 Å². The minimum Gasteiger partial charge on any atom is -0.492 e. The molecule has 9 heteroatoms. The number of halogens is 1. The number of hydrogen-bond donors (Lipinski definition) is 1. The molecule has 0 unspecified atom stereocenters. The SMILES string of the molecule is CS(=O)(=O)Nc1ccc(/C=C/C(=O)N2CCN(CCOc3ccc(Cl)cc3)CC2)cc1. The Kier molecular flexibility index (Phi) is 7.95. The van der Waals surface area contributed by atoms with E-state index in [1.165, 1.54) is 0 Å². The molecule has 1 fully saturated rings. The van der Waals surface area contributed by atoms with Gasteiger partial charge in [0.25, 0.3) is 0 Å². The van der Waals surface area contributed by atoms with Gasteiger partial charge in [0.2, 0.25) is 15.9 Å². The number of anilines is 1. The maximum absolute atomic E-state index is 12.5. The molecule has 166 valence electrons. The lowest BCUT2D eigenvalue weighted by atomic mass is 10.2. The fourth-order valence-corrected chi connectivity index (χ4v) is 3.85. The highest BCUT2D eigenvalue weighted by Gasteiger charge is 2.19. The second kappa shape index (κ2) is 10.7. The maximum atomic E-state index is 12.5. The molecule has 0 spiro atoms. The van der Waals surface area contributed by atoms with E-state index in [0.717, 1.165) is 37.2 Å². The van der Waals surface area contributed by atoms with Crippen LogP contribution in [0.2, 0.25) is 5.02 Å². The van der Waals surface area contributed by atoms with Crippen LogP contribution in [0.5, 0.6) is 5.75 Å². The summed E-state index contributed by atoms with van der Waals surface area (Å²) < 4.78 is 30.6. The van der Waals surface area contributed by atoms with Crippen LogP contribution in [0.25, 0.3) is 6.08 Å². The summed E-state index contributed by atoms with van der Waals surface area (Å²) in [6.45, 7) is 4.32. The molecule has 31 heavy (non-hydrogen) atoms. The van der Waals surface area contributed by atoms with Gasteiger partial charge in [-0.3, -0.25) is 14.4 Å². The fraction of sp³-hybridized carbons (Fsp3) is 0.318. The van der Waals surface area contributed by atoms with E-state index in [0.29, 0.717) is 30.4 Å². The van der Waals surface area contributed by atoms with Gasteiger partial charge in [-0.05, 0) is 48.0 Å². The van der Waals surface area contributed by atoms with Crippen molar-refractivity contribution in [1.29, 1.82) is 0 Å². The Balaban J connectivity index is 1.40. The van der Waals surface area contributed by atoms with Crippen LogP contribution in [0.4, 0.5) is 5.69 Å². The van der Waals surface area contributed by atoms with Crippen LogP contribution in [0.1, 0.15) is 5.56 Å². The third-order valence-electron chi connectivity index (χ3n) is 4.81. The number of carbonyl (C=O) groups is 1. The smallest absolute Gasteiger partial charge is 0.246 e. The summed E-state index contributed by atoms with van der Waals surface area (Å²) in [6, 6.07) is 14.1. The predicted octanol–water partition coefficient (Wildman–Crippen LogP) is 2.95. The molecule has 0 aliphatic carbocycles. The summed E-state index contributed by atoms with van der Waals surface area (Å²) in [5, 5.41) is 0.683. The van der Waals surface area contributed by atoms with Gasteiger partial charge < -0.3 is 9.64 Å². The van der Waals surface area contributed by atoms with Crippen molar-refractivity contribution in [2.45, 2.75) is 0 Å². The van der Waals surface area contributed by atoms with E-state index in [4.69, 9.17) is 16.3 Å². The molecule has 0 atom stereocenters. The third kappa shape index (κ3) is 7.90. The Labute approximate surface area is 188 Å². The molecule has 0 bridgehead atoms. The molecule has 7 nitrogen and oxygen atoms in total. The number of carbonyl (C=O) groups excluding carboxylic acids is 1. The number of sulfonamides is 1. The van der Waals surface area contributed by atoms with Crippen LogP contribution >= 0.6 is 11.6 Å². The zero-order chi connectivity index (χ0) is 22.3. The topological polar surface area (TPSA) is 79.0 Å². The number of ether oxygens (including phenoxy) is 1.